The molecule has 0 aromatic heterocycles. The van der Waals surface area contributed by atoms with E-state index in [1.807, 2.05) is 6.07 Å². The molecule has 0 unspecified atom stereocenters. The van der Waals surface area contributed by atoms with Crippen molar-refractivity contribution in [2.45, 2.75) is 97.0 Å². The molecule has 33 heavy (non-hydrogen) atoms. The first kappa shape index (κ1) is 23.6. The van der Waals surface area contributed by atoms with Gasteiger partial charge >= 0.3 is 5.97 Å². The van der Waals surface area contributed by atoms with Gasteiger partial charge in [0.05, 0.1) is 12.5 Å². The zero-order valence-electron chi connectivity index (χ0n) is 20.5. The van der Waals surface area contributed by atoms with Crippen LogP contribution in [0.1, 0.15) is 80.7 Å². The number of carbonyl (C=O) groups excluding carboxylic acids is 1. The third-order valence-corrected chi connectivity index (χ3v) is 6.79. The first-order chi connectivity index (χ1) is 15.6. The van der Waals surface area contributed by atoms with Crippen LogP contribution in [-0.4, -0.2) is 28.9 Å². The van der Waals surface area contributed by atoms with Gasteiger partial charge < -0.3 is 19.9 Å². The fraction of sp³-hybridized carbons (Fsp3) is 0.536. The second-order valence-corrected chi connectivity index (χ2v) is 10.5. The van der Waals surface area contributed by atoms with E-state index in [0.717, 1.165) is 25.1 Å². The Bertz CT molecular complexity index is 1010. The van der Waals surface area contributed by atoms with Crippen LogP contribution in [0.25, 0.3) is 0 Å². The molecule has 1 saturated heterocycles. The number of benzene rings is 2. The van der Waals surface area contributed by atoms with Crippen molar-refractivity contribution >= 4 is 11.7 Å². The predicted molar refractivity (Wildman–Crippen MR) is 131 cm³/mol. The first-order valence-electron chi connectivity index (χ1n) is 12.2. The maximum absolute atomic E-state index is 11.8. The zero-order chi connectivity index (χ0) is 23.8. The number of carbonyl (C=O) groups is 1. The second-order valence-electron chi connectivity index (χ2n) is 10.5. The number of aliphatic hydroxyl groups is 1. The van der Waals surface area contributed by atoms with Gasteiger partial charge in [-0.2, -0.15) is 0 Å². The molecule has 0 amide bonds. The number of anilines is 1. The van der Waals surface area contributed by atoms with Crippen LogP contribution < -0.4 is 10.1 Å². The second kappa shape index (κ2) is 9.38. The van der Waals surface area contributed by atoms with Gasteiger partial charge in [-0.25, -0.2) is 0 Å². The van der Waals surface area contributed by atoms with Crippen molar-refractivity contribution in [2.75, 3.05) is 5.32 Å². The Morgan fingerprint density at radius 1 is 1.21 bits per heavy atom. The molecule has 5 nitrogen and oxygen atoms in total. The number of fused-ring (bicyclic) bond motifs is 1. The van der Waals surface area contributed by atoms with Crippen molar-refractivity contribution < 1.29 is 19.4 Å². The molecule has 2 atom stereocenters. The maximum Gasteiger partial charge on any atom is 0.308 e. The van der Waals surface area contributed by atoms with Crippen molar-refractivity contribution in [3.05, 3.63) is 58.1 Å². The minimum Gasteiger partial charge on any atom is -0.487 e. The summed E-state index contributed by atoms with van der Waals surface area (Å²) in [7, 11) is 0. The lowest BCUT2D eigenvalue weighted by molar-refractivity contribution is -0.160. The largest absolute Gasteiger partial charge is 0.487 e. The fourth-order valence-corrected chi connectivity index (χ4v) is 5.30. The Kier molecular flexibility index (Phi) is 6.71. The summed E-state index contributed by atoms with van der Waals surface area (Å²) in [6.45, 7) is 11.7. The summed E-state index contributed by atoms with van der Waals surface area (Å²) in [5.41, 5.74) is 7.22. The van der Waals surface area contributed by atoms with Gasteiger partial charge in [-0.05, 0) is 56.2 Å². The van der Waals surface area contributed by atoms with Gasteiger partial charge in [0.25, 0.3) is 0 Å². The number of hydrogen-bond acceptors (Lipinski definition) is 5. The molecule has 1 fully saturated rings. The van der Waals surface area contributed by atoms with E-state index in [4.69, 9.17) is 9.47 Å². The zero-order valence-corrected chi connectivity index (χ0v) is 20.5. The monoisotopic (exact) mass is 451 g/mol. The Labute approximate surface area is 197 Å². The van der Waals surface area contributed by atoms with Crippen molar-refractivity contribution in [3.63, 3.8) is 0 Å². The highest BCUT2D eigenvalue weighted by Crippen LogP contribution is 2.47. The minimum atomic E-state index is -0.608. The van der Waals surface area contributed by atoms with Gasteiger partial charge in [0, 0.05) is 36.2 Å². The molecule has 178 valence electrons. The van der Waals surface area contributed by atoms with E-state index in [1.54, 1.807) is 0 Å². The summed E-state index contributed by atoms with van der Waals surface area (Å²) in [5, 5.41) is 13.8. The molecule has 2 N–H and O–H groups in total. The number of esters is 1. The van der Waals surface area contributed by atoms with Crippen LogP contribution in [0.4, 0.5) is 5.69 Å². The summed E-state index contributed by atoms with van der Waals surface area (Å²) >= 11 is 0. The molecular weight excluding hydrogens is 414 g/mol. The number of nitrogens with one attached hydrogen (secondary N) is 1. The van der Waals surface area contributed by atoms with E-state index in [0.29, 0.717) is 18.8 Å². The molecular formula is C28H37NO4. The molecule has 0 bridgehead atoms. The van der Waals surface area contributed by atoms with Crippen LogP contribution in [-0.2, 0) is 28.9 Å². The Morgan fingerprint density at radius 3 is 2.61 bits per heavy atom. The average Bonchev–Trinajstić information content (AvgIpc) is 3.07. The highest BCUT2D eigenvalue weighted by atomic mass is 16.5. The molecule has 0 spiro atoms. The summed E-state index contributed by atoms with van der Waals surface area (Å²) in [6.07, 6.45) is 2.03. The van der Waals surface area contributed by atoms with E-state index in [2.05, 4.69) is 64.2 Å². The number of cyclic esters (lactones) is 1. The Morgan fingerprint density at radius 2 is 1.94 bits per heavy atom. The Balaban J connectivity index is 1.70. The van der Waals surface area contributed by atoms with E-state index in [9.17, 15) is 9.90 Å². The molecule has 0 saturated carbocycles. The van der Waals surface area contributed by atoms with Gasteiger partial charge in [-0.3, -0.25) is 4.79 Å². The van der Waals surface area contributed by atoms with Crippen molar-refractivity contribution in [2.24, 2.45) is 0 Å². The lowest BCUT2D eigenvalue weighted by Crippen LogP contribution is -2.33. The summed E-state index contributed by atoms with van der Waals surface area (Å²) in [5.74, 6) is 1.00. The smallest absolute Gasteiger partial charge is 0.308 e. The predicted octanol–water partition coefficient (Wildman–Crippen LogP) is 5.44. The normalized spacial score (nSPS) is 21.5. The van der Waals surface area contributed by atoms with Gasteiger partial charge in [0.15, 0.2) is 0 Å². The van der Waals surface area contributed by atoms with Gasteiger partial charge in [0.2, 0.25) is 0 Å². The Hall–Kier alpha value is -2.53. The number of aliphatic hydroxyl groups excluding tert-OH is 1. The third kappa shape index (κ3) is 5.19. The molecule has 2 aromatic carbocycles. The van der Waals surface area contributed by atoms with Crippen LogP contribution in [0.5, 0.6) is 5.75 Å². The maximum atomic E-state index is 11.8. The summed E-state index contributed by atoms with van der Waals surface area (Å²) < 4.78 is 12.1. The van der Waals surface area contributed by atoms with Crippen molar-refractivity contribution in [3.8, 4) is 5.75 Å². The molecule has 0 radical (unpaired) electrons. The molecule has 2 heterocycles. The fourth-order valence-electron chi connectivity index (χ4n) is 5.30. The molecule has 2 aliphatic heterocycles. The van der Waals surface area contributed by atoms with E-state index in [-0.39, 0.29) is 24.1 Å². The number of hydrogen-bond donors (Lipinski definition) is 2. The van der Waals surface area contributed by atoms with E-state index >= 15 is 0 Å². The molecule has 4 rings (SSSR count). The van der Waals surface area contributed by atoms with Gasteiger partial charge in [-0.15, -0.1) is 0 Å². The first-order valence-corrected chi connectivity index (χ1v) is 12.2. The topological polar surface area (TPSA) is 67.8 Å². The van der Waals surface area contributed by atoms with Crippen LogP contribution in [0, 0.1) is 6.92 Å². The minimum absolute atomic E-state index is 0.0958. The van der Waals surface area contributed by atoms with Crippen LogP contribution in [0.15, 0.2) is 30.3 Å². The number of rotatable bonds is 7. The van der Waals surface area contributed by atoms with Crippen LogP contribution in [0.3, 0.4) is 0 Å². The number of ether oxygens (including phenoxy) is 2. The third-order valence-electron chi connectivity index (χ3n) is 6.79. The SMILES string of the molecule is Cc1c2c(c(CC[C@H]3C[C@H](O)CC(=O)O3)c(C(C)C)c1NCc1ccccc1)OC(C)(C)C2. The summed E-state index contributed by atoms with van der Waals surface area (Å²) in [4.78, 5) is 11.8. The molecule has 5 heteroatoms. The summed E-state index contributed by atoms with van der Waals surface area (Å²) in [6, 6.07) is 10.5. The standard InChI is InChI=1S/C28H37NO4/c1-17(2)25-22(12-11-21-13-20(30)14-24(31)32-21)27-23(15-28(4,5)33-27)18(3)26(25)29-16-19-9-7-6-8-10-19/h6-10,17,20-21,29-30H,11-16H2,1-5H3/t20-,21-/m0/s1. The quantitative estimate of drug-likeness (QED) is 0.549. The van der Waals surface area contributed by atoms with E-state index < -0.39 is 6.10 Å². The van der Waals surface area contributed by atoms with Crippen LogP contribution in [0.2, 0.25) is 0 Å². The molecule has 0 aliphatic carbocycles. The average molecular weight is 452 g/mol. The van der Waals surface area contributed by atoms with Crippen molar-refractivity contribution in [1.29, 1.82) is 0 Å². The van der Waals surface area contributed by atoms with E-state index in [1.165, 1.54) is 33.5 Å². The molecule has 2 aromatic rings. The highest BCUT2D eigenvalue weighted by Gasteiger charge is 2.37. The molecule has 2 aliphatic rings. The highest BCUT2D eigenvalue weighted by molar-refractivity contribution is 5.71. The lowest BCUT2D eigenvalue weighted by atomic mass is 9.85. The van der Waals surface area contributed by atoms with Crippen LogP contribution >= 0.6 is 0 Å². The van der Waals surface area contributed by atoms with Crippen molar-refractivity contribution in [1.82, 2.24) is 0 Å². The van der Waals surface area contributed by atoms with Gasteiger partial charge in [-0.1, -0.05) is 44.2 Å². The van der Waals surface area contributed by atoms with Gasteiger partial charge in [0.1, 0.15) is 17.5 Å². The lowest BCUT2D eigenvalue weighted by Gasteiger charge is -2.28.